The summed E-state index contributed by atoms with van der Waals surface area (Å²) in [7, 11) is -2.94. The number of carbonyl (C=O) groups is 1. The van der Waals surface area contributed by atoms with Crippen LogP contribution in [0.25, 0.3) is 10.8 Å². The Balaban J connectivity index is 0.00000176. The van der Waals surface area contributed by atoms with Crippen molar-refractivity contribution in [1.82, 2.24) is 0 Å². The maximum absolute atomic E-state index is 12.1. The van der Waals surface area contributed by atoms with Crippen LogP contribution in [0.3, 0.4) is 0 Å². The molecule has 0 aromatic heterocycles. The molecule has 0 spiro atoms. The molecule has 3 rings (SSSR count). The summed E-state index contributed by atoms with van der Waals surface area (Å²) in [6.45, 7) is 11.1. The number of hydrogen-bond donors (Lipinski definition) is 1. The van der Waals surface area contributed by atoms with E-state index in [-0.39, 0.29) is 59.0 Å². The molecule has 1 aliphatic rings. The van der Waals surface area contributed by atoms with Gasteiger partial charge in [-0.15, -0.1) is 29.0 Å². The van der Waals surface area contributed by atoms with Gasteiger partial charge in [0.2, 0.25) is 5.91 Å². The van der Waals surface area contributed by atoms with Gasteiger partial charge in [-0.2, -0.15) is 10.4 Å². The van der Waals surface area contributed by atoms with Gasteiger partial charge in [-0.05, 0) is 25.3 Å². The van der Waals surface area contributed by atoms with Gasteiger partial charge in [-0.3, -0.25) is 4.79 Å². The van der Waals surface area contributed by atoms with E-state index in [1.54, 1.807) is 0 Å². The molecule has 1 N–H and O–H groups in total. The standard InChI is InChI=1S/C16H22NO2Si2.2ClH.Ti/c1-20(2,3)19-10-14(18)17-12-8-6-7-11-9-13-16(15(11)12)21(13,4)5;;;/h6-9H,10H2,1-5H3,(H,17,18);2*1H;/q-1;;;+3/p-2. The summed E-state index contributed by atoms with van der Waals surface area (Å²) in [5.74, 6) is -0.0556. The molecule has 0 bridgehead atoms. The molecule has 3 nitrogen and oxygen atoms in total. The maximum atomic E-state index is 12.1. The Morgan fingerprint density at radius 3 is 2.46 bits per heavy atom. The molecule has 0 saturated carbocycles. The van der Waals surface area contributed by atoms with Crippen LogP contribution >= 0.6 is 0 Å². The minimum absolute atomic E-state index is 0. The molecule has 0 saturated heterocycles. The number of halogens is 2. The molecule has 129 valence electrons. The van der Waals surface area contributed by atoms with Crippen LogP contribution in [0, 0.1) is 0 Å². The number of rotatable bonds is 4. The monoisotopic (exact) mass is 434 g/mol. The minimum atomic E-state index is -1.66. The van der Waals surface area contributed by atoms with E-state index < -0.39 is 16.4 Å². The first-order valence-corrected chi connectivity index (χ1v) is 13.8. The topological polar surface area (TPSA) is 38.3 Å². The van der Waals surface area contributed by atoms with Crippen molar-refractivity contribution in [3.63, 3.8) is 0 Å². The molecule has 0 fully saturated rings. The van der Waals surface area contributed by atoms with Gasteiger partial charge < -0.3 is 34.6 Å². The van der Waals surface area contributed by atoms with Crippen LogP contribution in [0.5, 0.6) is 0 Å². The van der Waals surface area contributed by atoms with E-state index in [0.29, 0.717) is 0 Å². The van der Waals surface area contributed by atoms with Crippen LogP contribution in [0.15, 0.2) is 24.3 Å². The van der Waals surface area contributed by atoms with E-state index in [0.717, 1.165) is 5.69 Å². The Kier molecular flexibility index (Phi) is 8.12. The third-order valence-corrected chi connectivity index (χ3v) is 8.33. The van der Waals surface area contributed by atoms with Crippen LogP contribution in [0.1, 0.15) is 0 Å². The average Bonchev–Trinajstić information content (AvgIpc) is 2.73. The summed E-state index contributed by atoms with van der Waals surface area (Å²) >= 11 is 0. The molecule has 0 unspecified atom stereocenters. The molecular weight excluding hydrogens is 413 g/mol. The maximum Gasteiger partial charge on any atom is 3.00 e. The van der Waals surface area contributed by atoms with Gasteiger partial charge >= 0.3 is 21.7 Å². The Bertz CT molecular complexity index is 741. The van der Waals surface area contributed by atoms with Crippen LogP contribution < -0.4 is 40.5 Å². The predicted molar refractivity (Wildman–Crippen MR) is 94.2 cm³/mol. The van der Waals surface area contributed by atoms with Gasteiger partial charge in [-0.1, -0.05) is 19.2 Å². The second-order valence-electron chi connectivity index (χ2n) is 7.28. The predicted octanol–water partition coefficient (Wildman–Crippen LogP) is -3.51. The third-order valence-electron chi connectivity index (χ3n) is 4.06. The van der Waals surface area contributed by atoms with Crippen molar-refractivity contribution in [2.75, 3.05) is 11.9 Å². The summed E-state index contributed by atoms with van der Waals surface area (Å²) in [6.07, 6.45) is 0. The summed E-state index contributed by atoms with van der Waals surface area (Å²) in [5, 5.41) is 8.59. The number of anilines is 1. The molecule has 8 heteroatoms. The molecule has 0 atom stereocenters. The number of hydrogen-bond acceptors (Lipinski definition) is 2. The first-order valence-electron chi connectivity index (χ1n) is 7.37. The van der Waals surface area contributed by atoms with Gasteiger partial charge in [0.15, 0.2) is 8.32 Å². The number of carbonyl (C=O) groups excluding carboxylic acids is 1. The van der Waals surface area contributed by atoms with Gasteiger partial charge in [0.25, 0.3) is 0 Å². The van der Waals surface area contributed by atoms with Crippen molar-refractivity contribution in [1.29, 1.82) is 0 Å². The van der Waals surface area contributed by atoms with Crippen molar-refractivity contribution in [3.8, 4) is 0 Å². The zero-order valence-corrected chi connectivity index (χ0v) is 19.7. The second-order valence-corrected chi connectivity index (χ2v) is 16.1. The third kappa shape index (κ3) is 4.58. The van der Waals surface area contributed by atoms with Gasteiger partial charge in [0.1, 0.15) is 6.61 Å². The fourth-order valence-electron chi connectivity index (χ4n) is 2.89. The van der Waals surface area contributed by atoms with Crippen LogP contribution in [-0.4, -0.2) is 28.9 Å². The van der Waals surface area contributed by atoms with E-state index in [1.807, 2.05) is 12.1 Å². The van der Waals surface area contributed by atoms with Crippen molar-refractivity contribution in [2.24, 2.45) is 0 Å². The Morgan fingerprint density at radius 2 is 1.88 bits per heavy atom. The van der Waals surface area contributed by atoms with Crippen LogP contribution in [-0.2, 0) is 30.9 Å². The molecule has 1 heterocycles. The number of amides is 1. The molecule has 2 aromatic rings. The van der Waals surface area contributed by atoms with Crippen molar-refractivity contribution >= 4 is 49.1 Å². The summed E-state index contributed by atoms with van der Waals surface area (Å²) in [5.41, 5.74) is 0.941. The van der Waals surface area contributed by atoms with Crippen molar-refractivity contribution in [3.05, 3.63) is 24.3 Å². The van der Waals surface area contributed by atoms with E-state index in [9.17, 15) is 4.79 Å². The van der Waals surface area contributed by atoms with Crippen molar-refractivity contribution < 1.29 is 55.8 Å². The fourth-order valence-corrected chi connectivity index (χ4v) is 6.82. The normalized spacial score (nSPS) is 13.9. The molecule has 2 aromatic carbocycles. The second kappa shape index (κ2) is 8.12. The van der Waals surface area contributed by atoms with E-state index in [2.05, 4.69) is 50.2 Å². The van der Waals surface area contributed by atoms with E-state index in [4.69, 9.17) is 4.43 Å². The SMILES string of the molecule is C[Si](C)(C)OCC(=O)Nc1cccc2[cH-]c3c(c12)[Si]3(C)C.[Cl-].[Cl-].[Ti+3]. The quantitative estimate of drug-likeness (QED) is 0.400. The molecule has 0 aliphatic carbocycles. The first kappa shape index (κ1) is 24.0. The van der Waals surface area contributed by atoms with Crippen molar-refractivity contribution in [2.45, 2.75) is 32.7 Å². The Labute approximate surface area is 173 Å². The number of nitrogens with one attached hydrogen (secondary N) is 1. The van der Waals surface area contributed by atoms with Gasteiger partial charge in [0.05, 0.1) is 0 Å². The first-order chi connectivity index (χ1) is 9.70. The summed E-state index contributed by atoms with van der Waals surface area (Å²) in [6, 6.07) is 8.42. The molecule has 24 heavy (non-hydrogen) atoms. The Morgan fingerprint density at radius 1 is 1.25 bits per heavy atom. The van der Waals surface area contributed by atoms with Crippen LogP contribution in [0.2, 0.25) is 32.7 Å². The summed E-state index contributed by atoms with van der Waals surface area (Å²) < 4.78 is 5.68. The Hall–Kier alpha value is -0.0119. The molecule has 1 aliphatic heterocycles. The molecule has 1 amide bonds. The largest absolute Gasteiger partial charge is 3.00 e. The summed E-state index contributed by atoms with van der Waals surface area (Å²) in [4.78, 5) is 12.1. The number of benzene rings is 1. The minimum Gasteiger partial charge on any atom is -1.00 e. The molecular formula is C16H22Cl2NO2Si2Ti. The van der Waals surface area contributed by atoms with E-state index in [1.165, 1.54) is 21.1 Å². The number of fused-ring (bicyclic) bond motifs is 3. The van der Waals surface area contributed by atoms with Gasteiger partial charge in [0, 0.05) is 8.07 Å². The zero-order valence-electron chi connectivity index (χ0n) is 14.6. The smallest absolute Gasteiger partial charge is 1.00 e. The fraction of sp³-hybridized carbons (Fsp3) is 0.375. The van der Waals surface area contributed by atoms with Crippen LogP contribution in [0.4, 0.5) is 5.69 Å². The van der Waals surface area contributed by atoms with E-state index >= 15 is 0 Å². The van der Waals surface area contributed by atoms with Gasteiger partial charge in [-0.25, -0.2) is 0 Å². The molecule has 1 radical (unpaired) electrons. The zero-order chi connectivity index (χ0) is 15.4. The average molecular weight is 435 g/mol.